The van der Waals surface area contributed by atoms with Crippen LogP contribution in [0.4, 0.5) is 0 Å². The molecule has 1 aromatic heterocycles. The van der Waals surface area contributed by atoms with Gasteiger partial charge in [0.15, 0.2) is 0 Å². The number of benzene rings is 2. The molecule has 1 saturated heterocycles. The molecule has 1 fully saturated rings. The highest BCUT2D eigenvalue weighted by molar-refractivity contribution is 14.1. The fourth-order valence-electron chi connectivity index (χ4n) is 4.24. The maximum Gasteiger partial charge on any atom is 0.338 e. The summed E-state index contributed by atoms with van der Waals surface area (Å²) in [6, 6.07) is 11.6. The number of piperazine rings is 1. The number of rotatable bonds is 6. The van der Waals surface area contributed by atoms with Crippen molar-refractivity contribution in [1.82, 2.24) is 30.0 Å². The molecule has 0 N–H and O–H groups in total. The zero-order valence-electron chi connectivity index (χ0n) is 18.0. The van der Waals surface area contributed by atoms with Crippen LogP contribution in [0.5, 0.6) is 0 Å². The zero-order valence-corrected chi connectivity index (χ0v) is 20.1. The standard InChI is InChI=1S/C23H23IN6O3/c24-22-17(3-6-19-20(22)14-33-23(19)32)7-8-28-9-11-29(12-10-28)21(31)13-16-1-4-18(5-2-16)30-15-25-26-27-30/h1-6,15H,7-14H2. The molecular formula is C23H23IN6O3. The summed E-state index contributed by atoms with van der Waals surface area (Å²) in [6.45, 7) is 4.53. The van der Waals surface area contributed by atoms with Crippen molar-refractivity contribution in [3.63, 3.8) is 0 Å². The lowest BCUT2D eigenvalue weighted by atomic mass is 10.0. The zero-order chi connectivity index (χ0) is 22.8. The normalized spacial score (nSPS) is 16.0. The van der Waals surface area contributed by atoms with Crippen molar-refractivity contribution in [3.8, 4) is 5.69 Å². The van der Waals surface area contributed by atoms with E-state index in [9.17, 15) is 9.59 Å². The molecule has 0 spiro atoms. The van der Waals surface area contributed by atoms with Crippen LogP contribution in [0.15, 0.2) is 42.7 Å². The topological polar surface area (TPSA) is 93.5 Å². The van der Waals surface area contributed by atoms with Gasteiger partial charge in [-0.1, -0.05) is 18.2 Å². The van der Waals surface area contributed by atoms with Crippen LogP contribution in [0.3, 0.4) is 0 Å². The van der Waals surface area contributed by atoms with Crippen LogP contribution in [0.1, 0.15) is 27.0 Å². The predicted molar refractivity (Wildman–Crippen MR) is 128 cm³/mol. The Morgan fingerprint density at radius 2 is 1.85 bits per heavy atom. The van der Waals surface area contributed by atoms with Crippen LogP contribution in [0.2, 0.25) is 0 Å². The third-order valence-corrected chi connectivity index (χ3v) is 7.56. The largest absolute Gasteiger partial charge is 0.457 e. The molecule has 0 unspecified atom stereocenters. The van der Waals surface area contributed by atoms with E-state index < -0.39 is 0 Å². The van der Waals surface area contributed by atoms with Gasteiger partial charge in [0.2, 0.25) is 5.91 Å². The summed E-state index contributed by atoms with van der Waals surface area (Å²) in [4.78, 5) is 28.9. The molecule has 3 heterocycles. The van der Waals surface area contributed by atoms with E-state index in [4.69, 9.17) is 4.74 Å². The smallest absolute Gasteiger partial charge is 0.338 e. The number of tetrazole rings is 1. The van der Waals surface area contributed by atoms with E-state index in [-0.39, 0.29) is 11.9 Å². The molecule has 0 aliphatic carbocycles. The minimum absolute atomic E-state index is 0.155. The Labute approximate surface area is 204 Å². The van der Waals surface area contributed by atoms with Crippen molar-refractivity contribution in [2.24, 2.45) is 0 Å². The predicted octanol–water partition coefficient (Wildman–Crippen LogP) is 1.87. The Hall–Kier alpha value is -2.86. The van der Waals surface area contributed by atoms with E-state index in [0.29, 0.717) is 18.6 Å². The van der Waals surface area contributed by atoms with Crippen molar-refractivity contribution in [1.29, 1.82) is 0 Å². The molecule has 9 nitrogen and oxygen atoms in total. The summed E-state index contributed by atoms with van der Waals surface area (Å²) in [6.07, 6.45) is 2.85. The van der Waals surface area contributed by atoms with Crippen LogP contribution >= 0.6 is 22.6 Å². The lowest BCUT2D eigenvalue weighted by Crippen LogP contribution is -2.49. The van der Waals surface area contributed by atoms with E-state index >= 15 is 0 Å². The number of fused-ring (bicyclic) bond motifs is 1. The van der Waals surface area contributed by atoms with Crippen LogP contribution < -0.4 is 0 Å². The van der Waals surface area contributed by atoms with Crippen LogP contribution in [-0.4, -0.2) is 74.6 Å². The van der Waals surface area contributed by atoms with E-state index in [0.717, 1.165) is 59.5 Å². The highest BCUT2D eigenvalue weighted by Gasteiger charge is 2.25. The maximum absolute atomic E-state index is 12.8. The lowest BCUT2D eigenvalue weighted by molar-refractivity contribution is -0.132. The third-order valence-electron chi connectivity index (χ3n) is 6.22. The van der Waals surface area contributed by atoms with Gasteiger partial charge in [0, 0.05) is 41.9 Å². The maximum atomic E-state index is 12.8. The molecule has 2 aliphatic heterocycles. The average molecular weight is 558 g/mol. The molecule has 1 amide bonds. The summed E-state index contributed by atoms with van der Waals surface area (Å²) in [5.74, 6) is -0.0682. The van der Waals surface area contributed by atoms with Crippen molar-refractivity contribution >= 4 is 34.5 Å². The molecule has 5 rings (SSSR count). The van der Waals surface area contributed by atoms with Crippen molar-refractivity contribution in [3.05, 3.63) is 68.5 Å². The molecule has 10 heteroatoms. The van der Waals surface area contributed by atoms with Gasteiger partial charge in [-0.25, -0.2) is 9.48 Å². The second-order valence-electron chi connectivity index (χ2n) is 8.21. The molecule has 2 aliphatic rings. The van der Waals surface area contributed by atoms with E-state index in [1.807, 2.05) is 41.3 Å². The molecule has 33 heavy (non-hydrogen) atoms. The SMILES string of the molecule is O=C1OCc2c1ccc(CCN1CCN(C(=O)Cc3ccc(-n4cnnn4)cc3)CC1)c2I. The number of cyclic esters (lactones) is 1. The molecule has 0 radical (unpaired) electrons. The van der Waals surface area contributed by atoms with Crippen LogP contribution in [0, 0.1) is 3.57 Å². The van der Waals surface area contributed by atoms with Crippen LogP contribution in [0.25, 0.3) is 5.69 Å². The number of halogens is 1. The first-order valence-corrected chi connectivity index (χ1v) is 12.0. The van der Waals surface area contributed by atoms with Gasteiger partial charge in [0.05, 0.1) is 17.7 Å². The van der Waals surface area contributed by atoms with Gasteiger partial charge >= 0.3 is 5.97 Å². The fraction of sp³-hybridized carbons (Fsp3) is 0.348. The Morgan fingerprint density at radius 1 is 1.06 bits per heavy atom. The number of amides is 1. The number of ether oxygens (including phenoxy) is 1. The Balaban J connectivity index is 1.10. The molecule has 170 valence electrons. The van der Waals surface area contributed by atoms with Gasteiger partial charge in [-0.15, -0.1) is 5.10 Å². The number of hydrogen-bond acceptors (Lipinski definition) is 7. The minimum atomic E-state index is -0.223. The van der Waals surface area contributed by atoms with Crippen LogP contribution in [-0.2, 0) is 29.0 Å². The number of carbonyl (C=O) groups excluding carboxylic acids is 2. The summed E-state index contributed by atoms with van der Waals surface area (Å²) >= 11 is 2.32. The molecule has 0 saturated carbocycles. The lowest BCUT2D eigenvalue weighted by Gasteiger charge is -2.35. The second-order valence-corrected chi connectivity index (χ2v) is 9.29. The summed E-state index contributed by atoms with van der Waals surface area (Å²) < 4.78 is 7.87. The highest BCUT2D eigenvalue weighted by atomic mass is 127. The van der Waals surface area contributed by atoms with Gasteiger partial charge in [0.25, 0.3) is 0 Å². The molecule has 3 aromatic rings. The van der Waals surface area contributed by atoms with Gasteiger partial charge < -0.3 is 9.64 Å². The Kier molecular flexibility index (Phi) is 6.36. The first-order chi connectivity index (χ1) is 16.1. The molecule has 0 atom stereocenters. The number of hydrogen-bond donors (Lipinski definition) is 0. The molecule has 0 bridgehead atoms. The minimum Gasteiger partial charge on any atom is -0.457 e. The summed E-state index contributed by atoms with van der Waals surface area (Å²) in [5.41, 5.74) is 4.80. The Bertz CT molecular complexity index is 1160. The first-order valence-electron chi connectivity index (χ1n) is 10.9. The van der Waals surface area contributed by atoms with E-state index in [1.54, 1.807) is 11.0 Å². The number of carbonyl (C=O) groups is 2. The van der Waals surface area contributed by atoms with E-state index in [2.05, 4.69) is 43.0 Å². The first kappa shape index (κ1) is 22.0. The molecular weight excluding hydrogens is 535 g/mol. The Morgan fingerprint density at radius 3 is 2.58 bits per heavy atom. The number of nitrogens with zero attached hydrogens (tertiary/aromatic N) is 6. The van der Waals surface area contributed by atoms with E-state index in [1.165, 1.54) is 5.56 Å². The number of esters is 1. The highest BCUT2D eigenvalue weighted by Crippen LogP contribution is 2.28. The van der Waals surface area contributed by atoms with Gasteiger partial charge in [-0.3, -0.25) is 9.69 Å². The van der Waals surface area contributed by atoms with Gasteiger partial charge in [-0.2, -0.15) is 0 Å². The van der Waals surface area contributed by atoms with Crippen molar-refractivity contribution in [2.75, 3.05) is 32.7 Å². The summed E-state index contributed by atoms with van der Waals surface area (Å²) in [5, 5.41) is 11.1. The molecule has 2 aromatic carbocycles. The van der Waals surface area contributed by atoms with Gasteiger partial charge in [-0.05, 0) is 68.8 Å². The fourth-order valence-corrected chi connectivity index (χ4v) is 5.14. The number of aromatic nitrogens is 4. The monoisotopic (exact) mass is 558 g/mol. The second kappa shape index (κ2) is 9.56. The third kappa shape index (κ3) is 4.76. The van der Waals surface area contributed by atoms with Gasteiger partial charge in [0.1, 0.15) is 12.9 Å². The quantitative estimate of drug-likeness (QED) is 0.337. The average Bonchev–Trinajstić information content (AvgIpc) is 3.50. The summed E-state index contributed by atoms with van der Waals surface area (Å²) in [7, 11) is 0. The van der Waals surface area contributed by atoms with Crippen molar-refractivity contribution < 1.29 is 14.3 Å². The van der Waals surface area contributed by atoms with Crippen molar-refractivity contribution in [2.45, 2.75) is 19.4 Å².